The number of carboxylic acids is 1. The highest BCUT2D eigenvalue weighted by atomic mass is 32.2. The lowest BCUT2D eigenvalue weighted by Gasteiger charge is -2.14. The Hall–Kier alpha value is -1.76. The van der Waals surface area contributed by atoms with Crippen LogP contribution in [0.3, 0.4) is 0 Å². The number of aromatic nitrogens is 1. The van der Waals surface area contributed by atoms with Crippen molar-refractivity contribution in [3.8, 4) is 0 Å². The predicted octanol–water partition coefficient (Wildman–Crippen LogP) is 1.72. The zero-order valence-electron chi connectivity index (χ0n) is 10.8. The van der Waals surface area contributed by atoms with E-state index in [0.717, 1.165) is 5.69 Å². The van der Waals surface area contributed by atoms with Gasteiger partial charge in [0.15, 0.2) is 0 Å². The Morgan fingerprint density at radius 2 is 2.21 bits per heavy atom. The number of urea groups is 1. The first-order valence-electron chi connectivity index (χ1n) is 5.75. The fourth-order valence-corrected chi connectivity index (χ4v) is 1.83. The van der Waals surface area contributed by atoms with E-state index >= 15 is 0 Å². The van der Waals surface area contributed by atoms with Gasteiger partial charge in [0.2, 0.25) is 0 Å². The van der Waals surface area contributed by atoms with E-state index in [2.05, 4.69) is 15.6 Å². The van der Waals surface area contributed by atoms with Crippen LogP contribution in [0.1, 0.15) is 12.1 Å². The highest BCUT2D eigenvalue weighted by Gasteiger charge is 2.19. The number of carbonyl (C=O) groups is 2. The van der Waals surface area contributed by atoms with E-state index in [-0.39, 0.29) is 0 Å². The molecule has 1 aromatic rings. The van der Waals surface area contributed by atoms with Crippen LogP contribution >= 0.6 is 11.8 Å². The van der Waals surface area contributed by atoms with Crippen LogP contribution < -0.4 is 10.6 Å². The van der Waals surface area contributed by atoms with Crippen molar-refractivity contribution in [1.29, 1.82) is 0 Å². The number of carbonyl (C=O) groups excluding carboxylic acids is 1. The predicted molar refractivity (Wildman–Crippen MR) is 75.6 cm³/mol. The van der Waals surface area contributed by atoms with Gasteiger partial charge < -0.3 is 15.7 Å². The molecule has 0 radical (unpaired) electrons. The Morgan fingerprint density at radius 1 is 1.47 bits per heavy atom. The summed E-state index contributed by atoms with van der Waals surface area (Å²) in [6.07, 6.45) is 3.79. The molecule has 1 rings (SSSR count). The molecule has 1 aromatic heterocycles. The molecule has 0 bridgehead atoms. The molecule has 6 nitrogen and oxygen atoms in total. The molecule has 104 valence electrons. The van der Waals surface area contributed by atoms with Crippen molar-refractivity contribution < 1.29 is 14.7 Å². The molecule has 3 N–H and O–H groups in total. The lowest BCUT2D eigenvalue weighted by molar-refractivity contribution is -0.139. The Balaban J connectivity index is 2.52. The van der Waals surface area contributed by atoms with Gasteiger partial charge in [-0.1, -0.05) is 0 Å². The zero-order valence-corrected chi connectivity index (χ0v) is 11.7. The van der Waals surface area contributed by atoms with Gasteiger partial charge in [-0.3, -0.25) is 4.98 Å². The van der Waals surface area contributed by atoms with Gasteiger partial charge in [-0.15, -0.1) is 0 Å². The van der Waals surface area contributed by atoms with Crippen LogP contribution in [-0.4, -0.2) is 40.1 Å². The molecule has 7 heteroatoms. The quantitative estimate of drug-likeness (QED) is 0.739. The summed E-state index contributed by atoms with van der Waals surface area (Å²) in [5.74, 6) is -0.366. The first-order valence-corrected chi connectivity index (χ1v) is 7.14. The summed E-state index contributed by atoms with van der Waals surface area (Å²) >= 11 is 1.53. The van der Waals surface area contributed by atoms with E-state index in [0.29, 0.717) is 17.9 Å². The van der Waals surface area contributed by atoms with E-state index in [1.807, 2.05) is 13.2 Å². The number of pyridine rings is 1. The van der Waals surface area contributed by atoms with Crippen molar-refractivity contribution in [2.24, 2.45) is 0 Å². The minimum atomic E-state index is -1.04. The highest BCUT2D eigenvalue weighted by molar-refractivity contribution is 7.98. The van der Waals surface area contributed by atoms with Gasteiger partial charge in [-0.25, -0.2) is 9.59 Å². The van der Waals surface area contributed by atoms with Crippen molar-refractivity contribution in [3.63, 3.8) is 0 Å². The molecule has 0 spiro atoms. The van der Waals surface area contributed by atoms with Crippen molar-refractivity contribution in [2.45, 2.75) is 19.4 Å². The van der Waals surface area contributed by atoms with Crippen LogP contribution in [-0.2, 0) is 4.79 Å². The normalized spacial score (nSPS) is 11.7. The van der Waals surface area contributed by atoms with E-state index in [4.69, 9.17) is 5.11 Å². The maximum atomic E-state index is 11.7. The molecule has 0 aliphatic rings. The summed E-state index contributed by atoms with van der Waals surface area (Å²) < 4.78 is 0. The third-order valence-electron chi connectivity index (χ3n) is 2.38. The monoisotopic (exact) mass is 283 g/mol. The second-order valence-corrected chi connectivity index (χ2v) is 4.94. The molecule has 0 aliphatic carbocycles. The van der Waals surface area contributed by atoms with Gasteiger partial charge in [-0.05, 0) is 37.5 Å². The average Bonchev–Trinajstić information content (AvgIpc) is 2.37. The number of hydrogen-bond donors (Lipinski definition) is 3. The van der Waals surface area contributed by atoms with Crippen LogP contribution in [0.5, 0.6) is 0 Å². The van der Waals surface area contributed by atoms with Gasteiger partial charge in [0.1, 0.15) is 6.04 Å². The van der Waals surface area contributed by atoms with Gasteiger partial charge >= 0.3 is 12.0 Å². The maximum absolute atomic E-state index is 11.7. The fraction of sp³-hybridized carbons (Fsp3) is 0.417. The van der Waals surface area contributed by atoms with Crippen molar-refractivity contribution in [3.05, 3.63) is 24.0 Å². The van der Waals surface area contributed by atoms with Gasteiger partial charge in [-0.2, -0.15) is 11.8 Å². The largest absolute Gasteiger partial charge is 0.480 e. The number of nitrogens with zero attached hydrogens (tertiary/aromatic N) is 1. The lowest BCUT2D eigenvalue weighted by Crippen LogP contribution is -2.43. The number of anilines is 1. The van der Waals surface area contributed by atoms with Gasteiger partial charge in [0, 0.05) is 5.69 Å². The molecule has 0 saturated heterocycles. The molecule has 19 heavy (non-hydrogen) atoms. The Bertz CT molecular complexity index is 436. The first kappa shape index (κ1) is 15.3. The average molecular weight is 283 g/mol. The number of aryl methyl sites for hydroxylation is 1. The molecule has 0 aromatic carbocycles. The van der Waals surface area contributed by atoms with Crippen molar-refractivity contribution in [2.75, 3.05) is 17.3 Å². The summed E-state index contributed by atoms with van der Waals surface area (Å²) in [6, 6.07) is 2.04. The smallest absolute Gasteiger partial charge is 0.326 e. The minimum Gasteiger partial charge on any atom is -0.480 e. The Kier molecular flexibility index (Phi) is 6.14. The number of carboxylic acid groups (broad SMARTS) is 1. The number of aliphatic carboxylic acids is 1. The molecule has 0 unspecified atom stereocenters. The van der Waals surface area contributed by atoms with E-state index < -0.39 is 18.0 Å². The van der Waals surface area contributed by atoms with Crippen molar-refractivity contribution in [1.82, 2.24) is 10.3 Å². The molecule has 1 atom stereocenters. The summed E-state index contributed by atoms with van der Waals surface area (Å²) in [5, 5.41) is 14.0. The van der Waals surface area contributed by atoms with Crippen LogP contribution in [0.15, 0.2) is 18.3 Å². The van der Waals surface area contributed by atoms with Crippen LogP contribution in [0.4, 0.5) is 10.5 Å². The highest BCUT2D eigenvalue weighted by Crippen LogP contribution is 2.06. The fourth-order valence-electron chi connectivity index (χ4n) is 1.36. The summed E-state index contributed by atoms with van der Waals surface area (Å²) in [4.78, 5) is 26.7. The number of amides is 2. The molecule has 0 fully saturated rings. The lowest BCUT2D eigenvalue weighted by atomic mass is 10.2. The third-order valence-corrected chi connectivity index (χ3v) is 3.03. The number of nitrogens with one attached hydrogen (secondary N) is 2. The number of rotatable bonds is 6. The van der Waals surface area contributed by atoms with Crippen molar-refractivity contribution >= 4 is 29.4 Å². The number of hydrogen-bond acceptors (Lipinski definition) is 4. The third kappa shape index (κ3) is 5.60. The topological polar surface area (TPSA) is 91.3 Å². The SMILES string of the molecule is CSCC[C@@H](NC(=O)Nc1ccc(C)nc1)C(=O)O. The van der Waals surface area contributed by atoms with Gasteiger partial charge in [0.25, 0.3) is 0 Å². The van der Waals surface area contributed by atoms with Crippen LogP contribution in [0.25, 0.3) is 0 Å². The molecular formula is C12H17N3O3S. The van der Waals surface area contributed by atoms with Gasteiger partial charge in [0.05, 0.1) is 11.9 Å². The van der Waals surface area contributed by atoms with Crippen LogP contribution in [0.2, 0.25) is 0 Å². The summed E-state index contributed by atoms with van der Waals surface area (Å²) in [7, 11) is 0. The molecular weight excluding hydrogens is 266 g/mol. The molecule has 2 amide bonds. The van der Waals surface area contributed by atoms with E-state index in [1.54, 1.807) is 12.1 Å². The molecule has 0 saturated carbocycles. The Morgan fingerprint density at radius 3 is 2.74 bits per heavy atom. The second-order valence-electron chi connectivity index (χ2n) is 3.96. The summed E-state index contributed by atoms with van der Waals surface area (Å²) in [5.41, 5.74) is 1.37. The standard InChI is InChI=1S/C12H17N3O3S/c1-8-3-4-9(7-13-8)14-12(18)15-10(11(16)17)5-6-19-2/h3-4,7,10H,5-6H2,1-2H3,(H,16,17)(H2,14,15,18)/t10-/m1/s1. The van der Waals surface area contributed by atoms with Crippen LogP contribution in [0, 0.1) is 6.92 Å². The minimum absolute atomic E-state index is 0.385. The van der Waals surface area contributed by atoms with E-state index in [9.17, 15) is 9.59 Å². The summed E-state index contributed by atoms with van der Waals surface area (Å²) in [6.45, 7) is 1.84. The van der Waals surface area contributed by atoms with E-state index in [1.165, 1.54) is 18.0 Å². The molecule has 0 aliphatic heterocycles. The maximum Gasteiger partial charge on any atom is 0.326 e. The zero-order chi connectivity index (χ0) is 14.3. The Labute approximate surface area is 116 Å². The molecule has 1 heterocycles. The first-order chi connectivity index (χ1) is 9.02. The second kappa shape index (κ2) is 7.63. The number of thioether (sulfide) groups is 1.